The van der Waals surface area contributed by atoms with E-state index in [2.05, 4.69) is 10.3 Å². The molecular formula is C12H19FN2O. The number of ether oxygens (including phenoxy) is 1. The normalized spacial score (nSPS) is 12.7. The van der Waals surface area contributed by atoms with Crippen molar-refractivity contribution in [3.8, 4) is 0 Å². The van der Waals surface area contributed by atoms with Gasteiger partial charge in [-0.25, -0.2) is 4.39 Å². The van der Waals surface area contributed by atoms with Gasteiger partial charge in [-0.1, -0.05) is 6.92 Å². The number of halogens is 1. The van der Waals surface area contributed by atoms with Gasteiger partial charge in [-0.05, 0) is 31.0 Å². The number of rotatable bonds is 7. The summed E-state index contributed by atoms with van der Waals surface area (Å²) in [6.45, 7) is 3.62. The third kappa shape index (κ3) is 4.24. The van der Waals surface area contributed by atoms with Crippen molar-refractivity contribution in [1.29, 1.82) is 0 Å². The minimum Gasteiger partial charge on any atom is -0.385 e. The zero-order valence-electron chi connectivity index (χ0n) is 9.87. The highest BCUT2D eigenvalue weighted by atomic mass is 19.1. The Hall–Kier alpha value is -1.00. The number of methoxy groups -OCH3 is 1. The first-order valence-electron chi connectivity index (χ1n) is 5.60. The van der Waals surface area contributed by atoms with Gasteiger partial charge in [0.15, 0.2) is 0 Å². The van der Waals surface area contributed by atoms with Gasteiger partial charge in [0.2, 0.25) is 0 Å². The molecule has 1 rings (SSSR count). The van der Waals surface area contributed by atoms with Crippen LogP contribution in [0.1, 0.15) is 31.4 Å². The van der Waals surface area contributed by atoms with Crippen LogP contribution in [0.4, 0.5) is 4.39 Å². The minimum absolute atomic E-state index is 0.156. The van der Waals surface area contributed by atoms with Crippen LogP contribution in [0.25, 0.3) is 0 Å². The molecule has 0 radical (unpaired) electrons. The fraction of sp³-hybridized carbons (Fsp3) is 0.583. The molecule has 1 N–H and O–H groups in total. The first kappa shape index (κ1) is 13.1. The second kappa shape index (κ2) is 7.30. The van der Waals surface area contributed by atoms with Crippen molar-refractivity contribution in [3.63, 3.8) is 0 Å². The lowest BCUT2D eigenvalue weighted by Crippen LogP contribution is -2.21. The van der Waals surface area contributed by atoms with Gasteiger partial charge in [0.25, 0.3) is 0 Å². The Morgan fingerprint density at radius 2 is 2.31 bits per heavy atom. The van der Waals surface area contributed by atoms with Gasteiger partial charge in [-0.15, -0.1) is 0 Å². The molecule has 0 aliphatic carbocycles. The Kier molecular flexibility index (Phi) is 5.96. The van der Waals surface area contributed by atoms with Gasteiger partial charge in [0.05, 0.1) is 6.20 Å². The Balaban J connectivity index is 2.61. The maximum Gasteiger partial charge on any atom is 0.141 e. The molecule has 3 nitrogen and oxygen atoms in total. The summed E-state index contributed by atoms with van der Waals surface area (Å²) in [5, 5.41) is 3.32. The van der Waals surface area contributed by atoms with E-state index >= 15 is 0 Å². The molecule has 1 aromatic rings. The summed E-state index contributed by atoms with van der Waals surface area (Å²) in [6, 6.07) is 1.69. The van der Waals surface area contributed by atoms with Crippen LogP contribution in [0.3, 0.4) is 0 Å². The van der Waals surface area contributed by atoms with E-state index in [1.54, 1.807) is 13.3 Å². The summed E-state index contributed by atoms with van der Waals surface area (Å²) in [4.78, 5) is 3.87. The zero-order chi connectivity index (χ0) is 11.8. The molecule has 0 amide bonds. The van der Waals surface area contributed by atoms with E-state index < -0.39 is 0 Å². The van der Waals surface area contributed by atoms with Crippen LogP contribution in [0.5, 0.6) is 0 Å². The number of aromatic nitrogens is 1. The number of hydrogen-bond donors (Lipinski definition) is 1. The highest BCUT2D eigenvalue weighted by Gasteiger charge is 2.10. The third-order valence-electron chi connectivity index (χ3n) is 2.42. The number of nitrogens with one attached hydrogen (secondary N) is 1. The van der Waals surface area contributed by atoms with E-state index in [-0.39, 0.29) is 11.9 Å². The van der Waals surface area contributed by atoms with Crippen molar-refractivity contribution in [2.45, 2.75) is 25.8 Å². The van der Waals surface area contributed by atoms with Crippen molar-refractivity contribution in [2.75, 3.05) is 20.3 Å². The van der Waals surface area contributed by atoms with Crippen LogP contribution in [0.2, 0.25) is 0 Å². The smallest absolute Gasteiger partial charge is 0.141 e. The van der Waals surface area contributed by atoms with E-state index in [4.69, 9.17) is 4.74 Å². The quantitative estimate of drug-likeness (QED) is 0.724. The van der Waals surface area contributed by atoms with Gasteiger partial charge < -0.3 is 10.1 Å². The molecule has 0 saturated carbocycles. The number of nitrogens with zero attached hydrogens (tertiary/aromatic N) is 1. The molecule has 0 saturated heterocycles. The summed E-state index contributed by atoms with van der Waals surface area (Å²) >= 11 is 0. The average Bonchev–Trinajstić information content (AvgIpc) is 2.28. The summed E-state index contributed by atoms with van der Waals surface area (Å²) < 4.78 is 18.1. The molecule has 16 heavy (non-hydrogen) atoms. The Labute approximate surface area is 96.0 Å². The van der Waals surface area contributed by atoms with Gasteiger partial charge in [0.1, 0.15) is 5.82 Å². The molecule has 0 aromatic carbocycles. The van der Waals surface area contributed by atoms with Crippen LogP contribution in [0.15, 0.2) is 18.5 Å². The monoisotopic (exact) mass is 226 g/mol. The molecule has 0 bridgehead atoms. The molecule has 0 aliphatic heterocycles. The van der Waals surface area contributed by atoms with E-state index in [1.165, 1.54) is 12.3 Å². The van der Waals surface area contributed by atoms with Gasteiger partial charge in [-0.3, -0.25) is 4.98 Å². The molecule has 1 heterocycles. The standard InChI is InChI=1S/C12H19FN2O/c1-3-15-12(5-4-6-16-2)10-7-11(13)9-14-8-10/h7-9,12,15H,3-6H2,1-2H3. The van der Waals surface area contributed by atoms with Gasteiger partial charge >= 0.3 is 0 Å². The van der Waals surface area contributed by atoms with Crippen molar-refractivity contribution < 1.29 is 9.13 Å². The molecular weight excluding hydrogens is 207 g/mol. The Bertz CT molecular complexity index is 307. The topological polar surface area (TPSA) is 34.1 Å². The first-order chi connectivity index (χ1) is 7.77. The lowest BCUT2D eigenvalue weighted by Gasteiger charge is -2.17. The predicted molar refractivity (Wildman–Crippen MR) is 61.7 cm³/mol. The largest absolute Gasteiger partial charge is 0.385 e. The second-order valence-corrected chi connectivity index (χ2v) is 3.68. The molecule has 1 aromatic heterocycles. The first-order valence-corrected chi connectivity index (χ1v) is 5.60. The number of hydrogen-bond acceptors (Lipinski definition) is 3. The lowest BCUT2D eigenvalue weighted by molar-refractivity contribution is 0.189. The van der Waals surface area contributed by atoms with Gasteiger partial charge in [0, 0.05) is 26.0 Å². The van der Waals surface area contributed by atoms with Crippen LogP contribution < -0.4 is 5.32 Å². The van der Waals surface area contributed by atoms with E-state index in [1.807, 2.05) is 6.92 Å². The van der Waals surface area contributed by atoms with Crippen LogP contribution in [0, 0.1) is 5.82 Å². The van der Waals surface area contributed by atoms with E-state index in [9.17, 15) is 4.39 Å². The molecule has 0 aliphatic rings. The molecule has 0 spiro atoms. The maximum atomic E-state index is 13.0. The molecule has 1 unspecified atom stereocenters. The third-order valence-corrected chi connectivity index (χ3v) is 2.42. The summed E-state index contributed by atoms with van der Waals surface area (Å²) in [6.07, 6.45) is 4.81. The zero-order valence-corrected chi connectivity index (χ0v) is 9.87. The van der Waals surface area contributed by atoms with E-state index in [0.29, 0.717) is 0 Å². The van der Waals surface area contributed by atoms with Gasteiger partial charge in [-0.2, -0.15) is 0 Å². The molecule has 1 atom stereocenters. The molecule has 90 valence electrons. The van der Waals surface area contributed by atoms with Crippen LogP contribution >= 0.6 is 0 Å². The van der Waals surface area contributed by atoms with Crippen LogP contribution in [-0.4, -0.2) is 25.2 Å². The minimum atomic E-state index is -0.285. The average molecular weight is 226 g/mol. The fourth-order valence-corrected chi connectivity index (χ4v) is 1.68. The van der Waals surface area contributed by atoms with Crippen LogP contribution in [-0.2, 0) is 4.74 Å². The fourth-order valence-electron chi connectivity index (χ4n) is 1.68. The number of pyridine rings is 1. The predicted octanol–water partition coefficient (Wildman–Crippen LogP) is 2.30. The Morgan fingerprint density at radius 1 is 1.50 bits per heavy atom. The Morgan fingerprint density at radius 3 is 2.94 bits per heavy atom. The van der Waals surface area contributed by atoms with Crippen molar-refractivity contribution in [2.24, 2.45) is 0 Å². The maximum absolute atomic E-state index is 13.0. The summed E-state index contributed by atoms with van der Waals surface area (Å²) in [5.41, 5.74) is 0.901. The molecule has 0 fully saturated rings. The summed E-state index contributed by atoms with van der Waals surface area (Å²) in [7, 11) is 1.69. The highest BCUT2D eigenvalue weighted by molar-refractivity contribution is 5.14. The van der Waals surface area contributed by atoms with Crippen molar-refractivity contribution >= 4 is 0 Å². The van der Waals surface area contributed by atoms with Crippen molar-refractivity contribution in [3.05, 3.63) is 29.8 Å². The lowest BCUT2D eigenvalue weighted by atomic mass is 10.0. The summed E-state index contributed by atoms with van der Waals surface area (Å²) in [5.74, 6) is -0.285. The SMILES string of the molecule is CCNC(CCCOC)c1cncc(F)c1. The highest BCUT2D eigenvalue weighted by Crippen LogP contribution is 2.18. The second-order valence-electron chi connectivity index (χ2n) is 3.68. The van der Waals surface area contributed by atoms with Crippen molar-refractivity contribution in [1.82, 2.24) is 10.3 Å². The molecule has 4 heteroatoms. The van der Waals surface area contributed by atoms with E-state index in [0.717, 1.165) is 31.6 Å².